The average Bonchev–Trinajstić information content (AvgIpc) is 2.50. The molecule has 0 radical (unpaired) electrons. The highest BCUT2D eigenvalue weighted by Gasteiger charge is 2.18. The molecule has 0 aliphatic carbocycles. The van der Waals surface area contributed by atoms with Crippen molar-refractivity contribution in [2.24, 2.45) is 0 Å². The normalized spacial score (nSPS) is 10.7. The molecule has 0 aliphatic rings. The quantitative estimate of drug-likeness (QED) is 0.772. The fourth-order valence-corrected chi connectivity index (χ4v) is 2.74. The SMILES string of the molecule is CC(C)N(Cc1ccccc1)C(=O)CSc1nc(N)nc(N)n1. The Labute approximate surface area is 139 Å². The average molecular weight is 332 g/mol. The molecule has 23 heavy (non-hydrogen) atoms. The maximum atomic E-state index is 12.5. The number of amides is 1. The minimum atomic E-state index is 0.00593. The van der Waals surface area contributed by atoms with Crippen molar-refractivity contribution in [3.8, 4) is 0 Å². The first-order valence-corrected chi connectivity index (χ1v) is 8.17. The van der Waals surface area contributed by atoms with Crippen molar-refractivity contribution in [2.75, 3.05) is 17.2 Å². The van der Waals surface area contributed by atoms with Crippen molar-refractivity contribution < 1.29 is 4.79 Å². The van der Waals surface area contributed by atoms with Gasteiger partial charge >= 0.3 is 0 Å². The van der Waals surface area contributed by atoms with E-state index in [1.165, 1.54) is 11.8 Å². The molecule has 0 aliphatic heterocycles. The van der Waals surface area contributed by atoms with E-state index in [9.17, 15) is 4.79 Å². The lowest BCUT2D eigenvalue weighted by atomic mass is 10.2. The van der Waals surface area contributed by atoms with E-state index in [0.29, 0.717) is 11.7 Å². The monoisotopic (exact) mass is 332 g/mol. The molecule has 0 bridgehead atoms. The lowest BCUT2D eigenvalue weighted by Gasteiger charge is -2.26. The number of nitrogen functional groups attached to an aromatic ring is 2. The van der Waals surface area contributed by atoms with Gasteiger partial charge in [-0.3, -0.25) is 4.79 Å². The highest BCUT2D eigenvalue weighted by molar-refractivity contribution is 7.99. The molecule has 0 saturated heterocycles. The second-order valence-electron chi connectivity index (χ2n) is 5.22. The van der Waals surface area contributed by atoms with Crippen LogP contribution >= 0.6 is 11.8 Å². The number of nitrogens with zero attached hydrogens (tertiary/aromatic N) is 4. The van der Waals surface area contributed by atoms with E-state index in [2.05, 4.69) is 15.0 Å². The largest absolute Gasteiger partial charge is 0.368 e. The van der Waals surface area contributed by atoms with Crippen LogP contribution in [-0.4, -0.2) is 37.6 Å². The number of anilines is 2. The van der Waals surface area contributed by atoms with Crippen molar-refractivity contribution in [1.82, 2.24) is 19.9 Å². The fourth-order valence-electron chi connectivity index (χ4n) is 2.00. The van der Waals surface area contributed by atoms with Crippen LogP contribution in [0.4, 0.5) is 11.9 Å². The predicted octanol–water partition coefficient (Wildman–Crippen LogP) is 1.57. The number of benzene rings is 1. The van der Waals surface area contributed by atoms with Crippen LogP contribution in [0.1, 0.15) is 19.4 Å². The van der Waals surface area contributed by atoms with Gasteiger partial charge in [0.15, 0.2) is 5.16 Å². The zero-order valence-corrected chi connectivity index (χ0v) is 14.0. The number of carbonyl (C=O) groups is 1. The summed E-state index contributed by atoms with van der Waals surface area (Å²) in [6.45, 7) is 4.55. The molecule has 8 heteroatoms. The number of carbonyl (C=O) groups excluding carboxylic acids is 1. The summed E-state index contributed by atoms with van der Waals surface area (Å²) in [4.78, 5) is 25.9. The molecule has 0 saturated carbocycles. The molecule has 1 amide bonds. The van der Waals surface area contributed by atoms with E-state index in [4.69, 9.17) is 11.5 Å². The maximum absolute atomic E-state index is 12.5. The highest BCUT2D eigenvalue weighted by Crippen LogP contribution is 2.17. The van der Waals surface area contributed by atoms with Gasteiger partial charge in [-0.15, -0.1) is 0 Å². The van der Waals surface area contributed by atoms with Gasteiger partial charge in [-0.2, -0.15) is 15.0 Å². The van der Waals surface area contributed by atoms with Gasteiger partial charge in [0, 0.05) is 12.6 Å². The van der Waals surface area contributed by atoms with Crippen molar-refractivity contribution in [3.63, 3.8) is 0 Å². The molecule has 1 heterocycles. The maximum Gasteiger partial charge on any atom is 0.233 e. The molecule has 4 N–H and O–H groups in total. The molecular formula is C15H20N6OS. The van der Waals surface area contributed by atoms with E-state index in [1.807, 2.05) is 49.1 Å². The standard InChI is InChI=1S/C15H20N6OS/c1-10(2)21(8-11-6-4-3-5-7-11)12(22)9-23-15-19-13(16)18-14(17)20-15/h3-7,10H,8-9H2,1-2H3,(H4,16,17,18,19,20). The number of hydrogen-bond acceptors (Lipinski definition) is 7. The van der Waals surface area contributed by atoms with Crippen LogP contribution in [0.3, 0.4) is 0 Å². The molecule has 0 fully saturated rings. The first-order valence-electron chi connectivity index (χ1n) is 7.19. The van der Waals surface area contributed by atoms with E-state index in [-0.39, 0.29) is 29.6 Å². The van der Waals surface area contributed by atoms with E-state index in [0.717, 1.165) is 5.56 Å². The minimum absolute atomic E-state index is 0.00593. The lowest BCUT2D eigenvalue weighted by Crippen LogP contribution is -2.37. The second-order valence-corrected chi connectivity index (χ2v) is 6.17. The Morgan fingerprint density at radius 1 is 1.13 bits per heavy atom. The topological polar surface area (TPSA) is 111 Å². The molecule has 122 valence electrons. The molecule has 0 atom stereocenters. The summed E-state index contributed by atoms with van der Waals surface area (Å²) in [5.41, 5.74) is 12.1. The Bertz CT molecular complexity index is 644. The van der Waals surface area contributed by atoms with E-state index < -0.39 is 0 Å². The van der Waals surface area contributed by atoms with Gasteiger partial charge in [0.1, 0.15) is 0 Å². The van der Waals surface area contributed by atoms with Gasteiger partial charge < -0.3 is 16.4 Å². The lowest BCUT2D eigenvalue weighted by molar-refractivity contribution is -0.130. The third-order valence-electron chi connectivity index (χ3n) is 3.11. The number of hydrogen-bond donors (Lipinski definition) is 2. The van der Waals surface area contributed by atoms with Crippen LogP contribution in [0, 0.1) is 0 Å². The molecule has 0 spiro atoms. The van der Waals surface area contributed by atoms with Crippen molar-refractivity contribution >= 4 is 29.6 Å². The van der Waals surface area contributed by atoms with Gasteiger partial charge in [0.05, 0.1) is 5.75 Å². The van der Waals surface area contributed by atoms with Gasteiger partial charge in [-0.05, 0) is 19.4 Å². The van der Waals surface area contributed by atoms with Crippen LogP contribution in [-0.2, 0) is 11.3 Å². The minimum Gasteiger partial charge on any atom is -0.368 e. The third kappa shape index (κ3) is 5.10. The molecule has 7 nitrogen and oxygen atoms in total. The summed E-state index contributed by atoms with van der Waals surface area (Å²) >= 11 is 1.20. The number of rotatable bonds is 6. The van der Waals surface area contributed by atoms with Crippen molar-refractivity contribution in [2.45, 2.75) is 31.6 Å². The Morgan fingerprint density at radius 2 is 1.74 bits per heavy atom. The Morgan fingerprint density at radius 3 is 2.30 bits per heavy atom. The molecule has 2 aromatic rings. The zero-order valence-electron chi connectivity index (χ0n) is 13.1. The van der Waals surface area contributed by atoms with Gasteiger partial charge in [-0.1, -0.05) is 42.1 Å². The Hall–Kier alpha value is -2.35. The van der Waals surface area contributed by atoms with Crippen LogP contribution < -0.4 is 11.5 Å². The van der Waals surface area contributed by atoms with Gasteiger partial charge in [0.25, 0.3) is 0 Å². The molecule has 1 aromatic carbocycles. The first-order chi connectivity index (χ1) is 11.0. The number of aromatic nitrogens is 3. The van der Waals surface area contributed by atoms with E-state index in [1.54, 1.807) is 0 Å². The summed E-state index contributed by atoms with van der Waals surface area (Å²) in [6, 6.07) is 9.98. The summed E-state index contributed by atoms with van der Waals surface area (Å²) in [5, 5.41) is 0.353. The van der Waals surface area contributed by atoms with Gasteiger partial charge in [0.2, 0.25) is 17.8 Å². The number of nitrogens with two attached hydrogens (primary N) is 2. The molecule has 1 aromatic heterocycles. The summed E-state index contributed by atoms with van der Waals surface area (Å²) in [5.74, 6) is 0.329. The summed E-state index contributed by atoms with van der Waals surface area (Å²) in [6.07, 6.45) is 0. The molecular weight excluding hydrogens is 312 g/mol. The first kappa shape index (κ1) is 17.0. The predicted molar refractivity (Wildman–Crippen MR) is 91.5 cm³/mol. The molecule has 2 rings (SSSR count). The third-order valence-corrected chi connectivity index (χ3v) is 3.95. The number of thioether (sulfide) groups is 1. The van der Waals surface area contributed by atoms with Crippen LogP contribution in [0.25, 0.3) is 0 Å². The summed E-state index contributed by atoms with van der Waals surface area (Å²) in [7, 11) is 0. The van der Waals surface area contributed by atoms with Crippen LogP contribution in [0.5, 0.6) is 0 Å². The zero-order chi connectivity index (χ0) is 16.8. The highest BCUT2D eigenvalue weighted by atomic mass is 32.2. The smallest absolute Gasteiger partial charge is 0.233 e. The summed E-state index contributed by atoms with van der Waals surface area (Å²) < 4.78 is 0. The molecule has 0 unspecified atom stereocenters. The van der Waals surface area contributed by atoms with Crippen molar-refractivity contribution in [1.29, 1.82) is 0 Å². The van der Waals surface area contributed by atoms with Crippen LogP contribution in [0.2, 0.25) is 0 Å². The Balaban J connectivity index is 2.01. The van der Waals surface area contributed by atoms with E-state index >= 15 is 0 Å². The van der Waals surface area contributed by atoms with Crippen LogP contribution in [0.15, 0.2) is 35.5 Å². The fraction of sp³-hybridized carbons (Fsp3) is 0.333. The van der Waals surface area contributed by atoms with Crippen molar-refractivity contribution in [3.05, 3.63) is 35.9 Å². The van der Waals surface area contributed by atoms with Gasteiger partial charge in [-0.25, -0.2) is 0 Å². The Kier molecular flexibility index (Phi) is 5.75. The second kappa shape index (κ2) is 7.77.